The van der Waals surface area contributed by atoms with Crippen molar-refractivity contribution in [2.75, 3.05) is 13.1 Å². The number of nitrogens with two attached hydrogens (primary N) is 1. The molecule has 1 saturated heterocycles. The van der Waals surface area contributed by atoms with Crippen LogP contribution in [0.5, 0.6) is 11.5 Å². The van der Waals surface area contributed by atoms with Crippen LogP contribution in [0.3, 0.4) is 0 Å². The number of halogens is 2. The number of primary amides is 1. The van der Waals surface area contributed by atoms with Gasteiger partial charge in [0.05, 0.1) is 11.9 Å². The summed E-state index contributed by atoms with van der Waals surface area (Å²) in [6.45, 7) is 6.61. The van der Waals surface area contributed by atoms with E-state index in [0.717, 1.165) is 17.7 Å². The predicted octanol–water partition coefficient (Wildman–Crippen LogP) is 5.61. The Hall–Kier alpha value is -4.41. The van der Waals surface area contributed by atoms with Gasteiger partial charge in [-0.3, -0.25) is 4.79 Å². The summed E-state index contributed by atoms with van der Waals surface area (Å²) < 4.78 is 39.7. The number of aromatic nitrogens is 3. The van der Waals surface area contributed by atoms with Crippen molar-refractivity contribution < 1.29 is 27.8 Å². The number of piperidine rings is 1. The first-order valence-corrected chi connectivity index (χ1v) is 12.6. The van der Waals surface area contributed by atoms with Crippen molar-refractivity contribution in [3.63, 3.8) is 0 Å². The van der Waals surface area contributed by atoms with Crippen molar-refractivity contribution in [2.45, 2.75) is 45.1 Å². The van der Waals surface area contributed by atoms with E-state index in [-0.39, 0.29) is 23.5 Å². The minimum atomic E-state index is -0.815. The van der Waals surface area contributed by atoms with Gasteiger partial charge >= 0.3 is 6.09 Å². The first kappa shape index (κ1) is 26.2. The second-order valence-electron chi connectivity index (χ2n) is 10.5. The molecule has 3 N–H and O–H groups in total. The van der Waals surface area contributed by atoms with Gasteiger partial charge in [-0.15, -0.1) is 0 Å². The van der Waals surface area contributed by atoms with E-state index >= 15 is 0 Å². The van der Waals surface area contributed by atoms with Crippen molar-refractivity contribution >= 4 is 17.6 Å². The number of nitrogens with one attached hydrogen (secondary N) is 1. The molecule has 9 nitrogen and oxygen atoms in total. The fraction of sp³-hybridized carbons (Fsp3) is 0.321. The number of aromatic amines is 1. The summed E-state index contributed by atoms with van der Waals surface area (Å²) in [4.78, 5) is 29.9. The number of ether oxygens (including phenoxy) is 2. The lowest BCUT2D eigenvalue weighted by Gasteiger charge is -2.33. The average Bonchev–Trinajstić information content (AvgIpc) is 3.45. The lowest BCUT2D eigenvalue weighted by atomic mass is 9.91. The van der Waals surface area contributed by atoms with Gasteiger partial charge in [0.1, 0.15) is 22.8 Å². The number of imidazole rings is 1. The number of fused-ring (bicyclic) bond motifs is 1. The highest BCUT2D eigenvalue weighted by atomic mass is 19.1. The van der Waals surface area contributed by atoms with Crippen LogP contribution < -0.4 is 10.5 Å². The highest BCUT2D eigenvalue weighted by Crippen LogP contribution is 2.35. The van der Waals surface area contributed by atoms with E-state index < -0.39 is 23.1 Å². The van der Waals surface area contributed by atoms with Crippen molar-refractivity contribution in [3.8, 4) is 22.8 Å². The molecule has 4 aromatic rings. The molecule has 0 unspecified atom stereocenters. The number of amides is 2. The van der Waals surface area contributed by atoms with Gasteiger partial charge in [-0.2, -0.15) is 5.10 Å². The summed E-state index contributed by atoms with van der Waals surface area (Å²) in [6.07, 6.45) is 2.83. The number of likely N-dealkylation sites (tertiary alicyclic amines) is 1. The minimum Gasteiger partial charge on any atom is -0.454 e. The number of H-pyrrole nitrogens is 1. The quantitative estimate of drug-likeness (QED) is 0.343. The molecule has 0 bridgehead atoms. The van der Waals surface area contributed by atoms with Gasteiger partial charge < -0.3 is 25.1 Å². The Balaban J connectivity index is 1.37. The van der Waals surface area contributed by atoms with E-state index in [1.54, 1.807) is 35.4 Å². The second kappa shape index (κ2) is 10.0. The molecule has 0 radical (unpaired) electrons. The number of benzene rings is 2. The van der Waals surface area contributed by atoms with Gasteiger partial charge in [0.2, 0.25) is 0 Å². The maximum absolute atomic E-state index is 14.0. The molecule has 0 aliphatic carbocycles. The molecule has 0 atom stereocenters. The number of rotatable bonds is 5. The number of carbonyl (C=O) groups is 2. The Kier molecular flexibility index (Phi) is 6.75. The van der Waals surface area contributed by atoms with E-state index in [1.807, 2.05) is 20.8 Å². The number of carbonyl (C=O) groups excluding carboxylic acids is 2. The fourth-order valence-electron chi connectivity index (χ4n) is 4.75. The molecule has 2 aromatic heterocycles. The molecular weight excluding hydrogens is 508 g/mol. The topological polar surface area (TPSA) is 115 Å². The van der Waals surface area contributed by atoms with Crippen LogP contribution in [0.15, 0.2) is 48.7 Å². The zero-order valence-electron chi connectivity index (χ0n) is 21.8. The van der Waals surface area contributed by atoms with Crippen molar-refractivity contribution in [1.29, 1.82) is 0 Å². The second-order valence-corrected chi connectivity index (χ2v) is 10.5. The minimum absolute atomic E-state index is 0.109. The molecule has 1 aliphatic rings. The predicted molar refractivity (Wildman–Crippen MR) is 140 cm³/mol. The highest BCUT2D eigenvalue weighted by Gasteiger charge is 2.30. The lowest BCUT2D eigenvalue weighted by molar-refractivity contribution is 0.0205. The summed E-state index contributed by atoms with van der Waals surface area (Å²) in [5.41, 5.74) is 8.09. The van der Waals surface area contributed by atoms with Crippen LogP contribution in [0.2, 0.25) is 0 Å². The van der Waals surface area contributed by atoms with Gasteiger partial charge in [0, 0.05) is 30.3 Å². The van der Waals surface area contributed by atoms with E-state index in [2.05, 4.69) is 10.1 Å². The largest absolute Gasteiger partial charge is 0.454 e. The maximum Gasteiger partial charge on any atom is 0.410 e. The first-order valence-electron chi connectivity index (χ1n) is 12.6. The summed E-state index contributed by atoms with van der Waals surface area (Å²) in [5, 5.41) is 4.44. The molecular formula is C28H29F2N5O4. The Morgan fingerprint density at radius 3 is 2.38 bits per heavy atom. The summed E-state index contributed by atoms with van der Waals surface area (Å²) in [7, 11) is 0. The Morgan fingerprint density at radius 1 is 1.08 bits per heavy atom. The normalized spacial score (nSPS) is 14.5. The Morgan fingerprint density at radius 2 is 1.77 bits per heavy atom. The number of nitrogens with zero attached hydrogens (tertiary/aromatic N) is 3. The lowest BCUT2D eigenvalue weighted by Crippen LogP contribution is -2.41. The van der Waals surface area contributed by atoms with Crippen LogP contribution in [0.4, 0.5) is 13.6 Å². The first-order chi connectivity index (χ1) is 18.5. The van der Waals surface area contributed by atoms with E-state index in [9.17, 15) is 18.4 Å². The smallest absolute Gasteiger partial charge is 0.410 e. The molecule has 0 spiro atoms. The summed E-state index contributed by atoms with van der Waals surface area (Å²) >= 11 is 0. The van der Waals surface area contributed by atoms with Crippen LogP contribution in [0.1, 0.15) is 55.6 Å². The van der Waals surface area contributed by atoms with Crippen LogP contribution in [-0.2, 0) is 4.74 Å². The zero-order chi connectivity index (χ0) is 27.9. The van der Waals surface area contributed by atoms with Crippen LogP contribution in [0, 0.1) is 11.6 Å². The van der Waals surface area contributed by atoms with Crippen LogP contribution in [-0.4, -0.2) is 50.2 Å². The highest BCUT2D eigenvalue weighted by molar-refractivity contribution is 5.98. The molecule has 2 amide bonds. The molecule has 1 aliphatic heterocycles. The molecule has 11 heteroatoms. The SMILES string of the molecule is CC(C)(C)OC(=O)N1CCC(c2cnn3c(C(N)=O)c(-c4ccc(Oc5ccc(F)cc5F)cc4)[nH]c23)CC1. The molecule has 3 heterocycles. The molecule has 39 heavy (non-hydrogen) atoms. The third-order valence-corrected chi connectivity index (χ3v) is 6.57. The van der Waals surface area contributed by atoms with Crippen molar-refractivity contribution in [1.82, 2.24) is 19.5 Å². The van der Waals surface area contributed by atoms with E-state index in [1.165, 1.54) is 10.6 Å². The summed E-state index contributed by atoms with van der Waals surface area (Å²) in [5.74, 6) is -1.82. The zero-order valence-corrected chi connectivity index (χ0v) is 21.8. The standard InChI is InChI=1S/C28H29F2N5O4/c1-28(2,3)39-27(37)34-12-10-16(11-13-34)20-15-32-35-24(25(31)36)23(33-26(20)35)17-4-7-19(8-5-17)38-22-9-6-18(29)14-21(22)30/h4-9,14-16,33H,10-13H2,1-3H3,(H2,31,36). The maximum atomic E-state index is 14.0. The van der Waals surface area contributed by atoms with Crippen molar-refractivity contribution in [3.05, 3.63) is 71.6 Å². The molecule has 0 saturated carbocycles. The van der Waals surface area contributed by atoms with Gasteiger partial charge in [-0.05, 0) is 75.9 Å². The van der Waals surface area contributed by atoms with Gasteiger partial charge in [-0.1, -0.05) is 0 Å². The monoisotopic (exact) mass is 537 g/mol. The molecule has 204 valence electrons. The molecule has 5 rings (SSSR count). The average molecular weight is 538 g/mol. The third kappa shape index (κ3) is 5.43. The van der Waals surface area contributed by atoms with Crippen molar-refractivity contribution in [2.24, 2.45) is 5.73 Å². The molecule has 1 fully saturated rings. The number of hydrogen-bond acceptors (Lipinski definition) is 5. The van der Waals surface area contributed by atoms with Gasteiger partial charge in [0.25, 0.3) is 5.91 Å². The number of hydrogen-bond donors (Lipinski definition) is 2. The van der Waals surface area contributed by atoms with E-state index in [0.29, 0.717) is 48.6 Å². The third-order valence-electron chi connectivity index (χ3n) is 6.57. The molecule has 2 aromatic carbocycles. The Labute approximate surface area is 223 Å². The Bertz CT molecular complexity index is 1530. The van der Waals surface area contributed by atoms with Gasteiger partial charge in [-0.25, -0.2) is 18.1 Å². The summed E-state index contributed by atoms with van der Waals surface area (Å²) in [6, 6.07) is 9.69. The fourth-order valence-corrected chi connectivity index (χ4v) is 4.75. The van der Waals surface area contributed by atoms with Crippen LogP contribution in [0.25, 0.3) is 16.9 Å². The van der Waals surface area contributed by atoms with E-state index in [4.69, 9.17) is 15.2 Å². The van der Waals surface area contributed by atoms with Gasteiger partial charge in [0.15, 0.2) is 17.3 Å². The van der Waals surface area contributed by atoms with Crippen LogP contribution >= 0.6 is 0 Å².